The van der Waals surface area contributed by atoms with Gasteiger partial charge in [-0.15, -0.1) is 0 Å². The van der Waals surface area contributed by atoms with Crippen molar-refractivity contribution < 1.29 is 12.8 Å². The summed E-state index contributed by atoms with van der Waals surface area (Å²) in [6, 6.07) is 2.02. The first-order valence-corrected chi connectivity index (χ1v) is 7.63. The Morgan fingerprint density at radius 3 is 2.15 bits per heavy atom. The SMILES string of the molecule is Cc1cc(F)cc(C)c1S(=O)(=O)N(CC(=N)N)C(C)C. The van der Waals surface area contributed by atoms with E-state index in [9.17, 15) is 12.8 Å². The second-order valence-electron chi connectivity index (χ2n) is 5.04. The standard InChI is InChI=1S/C13H20FN3O2S/c1-8(2)17(7-12(15)16)20(18,19)13-9(3)5-11(14)6-10(13)4/h5-6,8H,7H2,1-4H3,(H3,15,16). The molecule has 0 saturated heterocycles. The minimum absolute atomic E-state index is 0.0776. The van der Waals surface area contributed by atoms with Gasteiger partial charge in [0.1, 0.15) is 11.7 Å². The maximum absolute atomic E-state index is 13.3. The van der Waals surface area contributed by atoms with E-state index in [2.05, 4.69) is 0 Å². The molecule has 1 aromatic rings. The highest BCUT2D eigenvalue weighted by Crippen LogP contribution is 2.26. The number of nitrogens with one attached hydrogen (secondary N) is 1. The number of hydrogen-bond acceptors (Lipinski definition) is 3. The first kappa shape index (κ1) is 16.6. The van der Waals surface area contributed by atoms with Gasteiger partial charge in [-0.3, -0.25) is 5.41 Å². The van der Waals surface area contributed by atoms with Gasteiger partial charge in [0.05, 0.1) is 11.4 Å². The van der Waals surface area contributed by atoms with Crippen LogP contribution >= 0.6 is 0 Å². The fraction of sp³-hybridized carbons (Fsp3) is 0.462. The van der Waals surface area contributed by atoms with Crippen molar-refractivity contribution in [1.29, 1.82) is 5.41 Å². The summed E-state index contributed by atoms with van der Waals surface area (Å²) in [7, 11) is -3.83. The third-order valence-corrected chi connectivity index (χ3v) is 5.22. The van der Waals surface area contributed by atoms with Crippen LogP contribution in [0.2, 0.25) is 0 Å². The normalized spacial score (nSPS) is 12.2. The lowest BCUT2D eigenvalue weighted by Crippen LogP contribution is -2.42. The van der Waals surface area contributed by atoms with Crippen LogP contribution in [-0.4, -0.2) is 31.1 Å². The van der Waals surface area contributed by atoms with Crippen molar-refractivity contribution in [3.63, 3.8) is 0 Å². The number of aryl methyl sites for hydroxylation is 2. The van der Waals surface area contributed by atoms with Crippen molar-refractivity contribution in [3.8, 4) is 0 Å². The average Bonchev–Trinajstić information content (AvgIpc) is 2.22. The summed E-state index contributed by atoms with van der Waals surface area (Å²) >= 11 is 0. The first-order chi connectivity index (χ1) is 9.07. The third kappa shape index (κ3) is 3.34. The molecular formula is C13H20FN3O2S. The number of hydrogen-bond donors (Lipinski definition) is 2. The average molecular weight is 301 g/mol. The van der Waals surface area contributed by atoms with Crippen molar-refractivity contribution in [1.82, 2.24) is 4.31 Å². The molecule has 7 heteroatoms. The predicted octanol–water partition coefficient (Wildman–Crippen LogP) is 1.78. The van der Waals surface area contributed by atoms with Crippen LogP contribution in [0.1, 0.15) is 25.0 Å². The van der Waals surface area contributed by atoms with Gasteiger partial charge < -0.3 is 5.73 Å². The number of benzene rings is 1. The van der Waals surface area contributed by atoms with Crippen molar-refractivity contribution in [2.45, 2.75) is 38.6 Å². The van der Waals surface area contributed by atoms with Crippen molar-refractivity contribution in [2.24, 2.45) is 5.73 Å². The number of halogens is 1. The summed E-state index contributed by atoms with van der Waals surface area (Å²) < 4.78 is 39.9. The number of nitrogens with zero attached hydrogens (tertiary/aromatic N) is 1. The molecule has 0 amide bonds. The quantitative estimate of drug-likeness (QED) is 0.642. The predicted molar refractivity (Wildman–Crippen MR) is 76.8 cm³/mol. The zero-order valence-corrected chi connectivity index (χ0v) is 12.9. The second kappa shape index (κ2) is 5.88. The number of sulfonamides is 1. The largest absolute Gasteiger partial charge is 0.387 e. The zero-order chi connectivity index (χ0) is 15.7. The maximum atomic E-state index is 13.3. The van der Waals surface area contributed by atoms with Gasteiger partial charge in [0, 0.05) is 6.04 Å². The molecule has 112 valence electrons. The molecule has 1 aromatic carbocycles. The van der Waals surface area contributed by atoms with Gasteiger partial charge >= 0.3 is 0 Å². The summed E-state index contributed by atoms with van der Waals surface area (Å²) in [4.78, 5) is 0.0776. The summed E-state index contributed by atoms with van der Waals surface area (Å²) in [6.07, 6.45) is 0. The fourth-order valence-electron chi connectivity index (χ4n) is 2.13. The molecule has 20 heavy (non-hydrogen) atoms. The van der Waals surface area contributed by atoms with E-state index in [-0.39, 0.29) is 23.3 Å². The van der Waals surface area contributed by atoms with Gasteiger partial charge in [-0.2, -0.15) is 4.31 Å². The van der Waals surface area contributed by atoms with E-state index in [1.807, 2.05) is 0 Å². The van der Waals surface area contributed by atoms with Crippen LogP contribution in [0.3, 0.4) is 0 Å². The van der Waals surface area contributed by atoms with E-state index < -0.39 is 15.8 Å². The summed E-state index contributed by atoms with van der Waals surface area (Å²) in [5.41, 5.74) is 6.01. The molecule has 5 nitrogen and oxygen atoms in total. The first-order valence-electron chi connectivity index (χ1n) is 6.19. The summed E-state index contributed by atoms with van der Waals surface area (Å²) in [5.74, 6) is -0.707. The molecule has 0 aromatic heterocycles. The molecule has 3 N–H and O–H groups in total. The molecule has 0 atom stereocenters. The Hall–Kier alpha value is -1.47. The van der Waals surface area contributed by atoms with Gasteiger partial charge in [-0.25, -0.2) is 12.8 Å². The number of amidine groups is 1. The third-order valence-electron chi connectivity index (χ3n) is 2.89. The summed E-state index contributed by atoms with van der Waals surface area (Å²) in [5, 5.41) is 7.31. The van der Waals surface area contributed by atoms with Gasteiger partial charge in [-0.1, -0.05) is 0 Å². The highest BCUT2D eigenvalue weighted by molar-refractivity contribution is 7.89. The van der Waals surface area contributed by atoms with Crippen LogP contribution in [0.15, 0.2) is 17.0 Å². The zero-order valence-electron chi connectivity index (χ0n) is 12.1. The Bertz CT molecular complexity index is 603. The lowest BCUT2D eigenvalue weighted by Gasteiger charge is -2.27. The van der Waals surface area contributed by atoms with Crippen LogP contribution in [-0.2, 0) is 10.0 Å². The topological polar surface area (TPSA) is 87.2 Å². The van der Waals surface area contributed by atoms with Gasteiger partial charge in [-0.05, 0) is 51.0 Å². The highest BCUT2D eigenvalue weighted by Gasteiger charge is 2.30. The number of nitrogens with two attached hydrogens (primary N) is 1. The monoisotopic (exact) mass is 301 g/mol. The van der Waals surface area contributed by atoms with Crippen LogP contribution < -0.4 is 5.73 Å². The molecule has 0 aliphatic heterocycles. The fourth-order valence-corrected chi connectivity index (χ4v) is 4.16. The molecule has 0 aliphatic carbocycles. The second-order valence-corrected chi connectivity index (χ2v) is 6.87. The van der Waals surface area contributed by atoms with Crippen LogP contribution in [0, 0.1) is 25.1 Å². The molecule has 0 heterocycles. The van der Waals surface area contributed by atoms with Crippen molar-refractivity contribution >= 4 is 15.9 Å². The lowest BCUT2D eigenvalue weighted by molar-refractivity contribution is 0.388. The smallest absolute Gasteiger partial charge is 0.244 e. The van der Waals surface area contributed by atoms with E-state index in [0.29, 0.717) is 11.1 Å². The van der Waals surface area contributed by atoms with Crippen LogP contribution in [0.5, 0.6) is 0 Å². The van der Waals surface area contributed by atoms with E-state index in [1.54, 1.807) is 27.7 Å². The number of rotatable bonds is 5. The lowest BCUT2D eigenvalue weighted by atomic mass is 10.1. The Kier molecular flexibility index (Phi) is 4.88. The Morgan fingerprint density at radius 2 is 1.80 bits per heavy atom. The summed E-state index contributed by atoms with van der Waals surface area (Å²) in [6.45, 7) is 6.32. The Labute approximate surface area is 119 Å². The molecule has 0 fully saturated rings. The Balaban J connectivity index is 3.45. The minimum Gasteiger partial charge on any atom is -0.387 e. The van der Waals surface area contributed by atoms with Gasteiger partial charge in [0.2, 0.25) is 10.0 Å². The van der Waals surface area contributed by atoms with Crippen LogP contribution in [0.4, 0.5) is 4.39 Å². The molecule has 0 saturated carbocycles. The maximum Gasteiger partial charge on any atom is 0.244 e. The van der Waals surface area contributed by atoms with E-state index in [4.69, 9.17) is 11.1 Å². The van der Waals surface area contributed by atoms with E-state index in [1.165, 1.54) is 12.1 Å². The Morgan fingerprint density at radius 1 is 1.35 bits per heavy atom. The molecule has 0 bridgehead atoms. The van der Waals surface area contributed by atoms with Crippen molar-refractivity contribution in [2.75, 3.05) is 6.54 Å². The molecule has 0 unspecified atom stereocenters. The van der Waals surface area contributed by atoms with E-state index in [0.717, 1.165) is 4.31 Å². The molecule has 0 spiro atoms. The van der Waals surface area contributed by atoms with Gasteiger partial charge in [0.15, 0.2) is 0 Å². The molecule has 1 rings (SSSR count). The minimum atomic E-state index is -3.83. The molecule has 0 radical (unpaired) electrons. The van der Waals surface area contributed by atoms with Crippen LogP contribution in [0.25, 0.3) is 0 Å². The highest BCUT2D eigenvalue weighted by atomic mass is 32.2. The van der Waals surface area contributed by atoms with Crippen molar-refractivity contribution in [3.05, 3.63) is 29.1 Å². The molecule has 0 aliphatic rings. The van der Waals surface area contributed by atoms with E-state index >= 15 is 0 Å². The van der Waals surface area contributed by atoms with Gasteiger partial charge in [0.25, 0.3) is 0 Å². The molecular weight excluding hydrogens is 281 g/mol.